The molecular weight excluding hydrogens is 385 g/mol. The minimum absolute atomic E-state index is 0.118. The van der Waals surface area contributed by atoms with E-state index in [9.17, 15) is 9.18 Å². The SMILES string of the molecule is N[C@H](CC(=O)O)Cc1cc(-c2ccc(Oc3ncc(Cl)cc3F)cc2)ccn1. The van der Waals surface area contributed by atoms with E-state index in [2.05, 4.69) is 9.97 Å². The number of halogens is 2. The minimum atomic E-state index is -0.939. The van der Waals surface area contributed by atoms with Gasteiger partial charge < -0.3 is 15.6 Å². The summed E-state index contributed by atoms with van der Waals surface area (Å²) in [6.07, 6.45) is 3.20. The highest BCUT2D eigenvalue weighted by atomic mass is 35.5. The Labute approximate surface area is 165 Å². The van der Waals surface area contributed by atoms with Crippen molar-refractivity contribution in [2.75, 3.05) is 0 Å². The summed E-state index contributed by atoms with van der Waals surface area (Å²) in [5, 5.41) is 9.00. The maximum atomic E-state index is 13.8. The molecule has 2 aromatic heterocycles. The average Bonchev–Trinajstić information content (AvgIpc) is 2.64. The van der Waals surface area contributed by atoms with E-state index in [0.717, 1.165) is 17.2 Å². The van der Waals surface area contributed by atoms with Crippen molar-refractivity contribution in [1.29, 1.82) is 0 Å². The van der Waals surface area contributed by atoms with Crippen molar-refractivity contribution in [3.05, 3.63) is 71.4 Å². The Morgan fingerprint density at radius 2 is 1.93 bits per heavy atom. The van der Waals surface area contributed by atoms with Gasteiger partial charge in [-0.05, 0) is 41.5 Å². The maximum absolute atomic E-state index is 13.8. The van der Waals surface area contributed by atoms with Gasteiger partial charge in [0.2, 0.25) is 0 Å². The van der Waals surface area contributed by atoms with Crippen LogP contribution in [0.2, 0.25) is 5.02 Å². The van der Waals surface area contributed by atoms with E-state index >= 15 is 0 Å². The number of carboxylic acid groups (broad SMARTS) is 1. The van der Waals surface area contributed by atoms with Crippen LogP contribution in [0.1, 0.15) is 12.1 Å². The van der Waals surface area contributed by atoms with Crippen LogP contribution in [0.4, 0.5) is 4.39 Å². The van der Waals surface area contributed by atoms with Gasteiger partial charge in [0.1, 0.15) is 5.75 Å². The lowest BCUT2D eigenvalue weighted by Crippen LogP contribution is -2.26. The van der Waals surface area contributed by atoms with Crippen molar-refractivity contribution < 1.29 is 19.0 Å². The van der Waals surface area contributed by atoms with Gasteiger partial charge in [-0.3, -0.25) is 9.78 Å². The Hall–Kier alpha value is -3.03. The number of aliphatic carboxylic acids is 1. The molecule has 3 N–H and O–H groups in total. The number of benzene rings is 1. The molecule has 0 radical (unpaired) electrons. The lowest BCUT2D eigenvalue weighted by molar-refractivity contribution is -0.137. The monoisotopic (exact) mass is 401 g/mol. The summed E-state index contributed by atoms with van der Waals surface area (Å²) in [6, 6.07) is 11.4. The molecule has 0 spiro atoms. The third kappa shape index (κ3) is 5.25. The molecule has 2 heterocycles. The van der Waals surface area contributed by atoms with Crippen molar-refractivity contribution in [1.82, 2.24) is 9.97 Å². The summed E-state index contributed by atoms with van der Waals surface area (Å²) in [4.78, 5) is 18.8. The van der Waals surface area contributed by atoms with Crippen LogP contribution in [-0.4, -0.2) is 27.1 Å². The van der Waals surface area contributed by atoms with Crippen LogP contribution in [0.3, 0.4) is 0 Å². The molecule has 1 aromatic carbocycles. The molecule has 0 bridgehead atoms. The second-order valence-electron chi connectivity index (χ2n) is 6.16. The molecule has 0 aliphatic carbocycles. The molecule has 144 valence electrons. The summed E-state index contributed by atoms with van der Waals surface area (Å²) in [5.41, 5.74) is 8.33. The molecule has 0 saturated heterocycles. The Kier molecular flexibility index (Phi) is 6.18. The van der Waals surface area contributed by atoms with Gasteiger partial charge in [0.25, 0.3) is 5.88 Å². The van der Waals surface area contributed by atoms with Crippen LogP contribution in [0.15, 0.2) is 54.9 Å². The van der Waals surface area contributed by atoms with Crippen LogP contribution in [0.5, 0.6) is 11.6 Å². The van der Waals surface area contributed by atoms with Crippen molar-refractivity contribution in [3.63, 3.8) is 0 Å². The fourth-order valence-electron chi connectivity index (χ4n) is 2.64. The van der Waals surface area contributed by atoms with Crippen LogP contribution in [0.25, 0.3) is 11.1 Å². The van der Waals surface area contributed by atoms with E-state index in [4.69, 9.17) is 27.2 Å². The number of pyridine rings is 2. The highest BCUT2D eigenvalue weighted by Crippen LogP contribution is 2.27. The molecule has 1 atom stereocenters. The zero-order chi connectivity index (χ0) is 20.1. The number of hydrogen-bond donors (Lipinski definition) is 2. The van der Waals surface area contributed by atoms with E-state index in [0.29, 0.717) is 17.9 Å². The van der Waals surface area contributed by atoms with Gasteiger partial charge in [-0.15, -0.1) is 0 Å². The first-order valence-corrected chi connectivity index (χ1v) is 8.80. The lowest BCUT2D eigenvalue weighted by atomic mass is 10.0. The molecule has 0 aliphatic heterocycles. The molecule has 3 aromatic rings. The number of nitrogens with two attached hydrogens (primary N) is 1. The zero-order valence-corrected chi connectivity index (χ0v) is 15.4. The van der Waals surface area contributed by atoms with E-state index in [1.807, 2.05) is 24.3 Å². The van der Waals surface area contributed by atoms with Gasteiger partial charge in [-0.2, -0.15) is 0 Å². The quantitative estimate of drug-likeness (QED) is 0.619. The fraction of sp³-hybridized carbons (Fsp3) is 0.150. The Balaban J connectivity index is 1.72. The predicted molar refractivity (Wildman–Crippen MR) is 103 cm³/mol. The van der Waals surface area contributed by atoms with Crippen LogP contribution in [0, 0.1) is 5.82 Å². The summed E-state index contributed by atoms with van der Waals surface area (Å²) < 4.78 is 19.2. The van der Waals surface area contributed by atoms with E-state index in [1.165, 1.54) is 6.20 Å². The standard InChI is InChI=1S/C20H17ClFN3O3/c21-14-8-18(22)20(25-11-14)28-17-3-1-12(2-4-17)13-5-6-24-16(7-13)9-15(23)10-19(26)27/h1-8,11,15H,9-10,23H2,(H,26,27)/t15-/m0/s1. The first-order valence-electron chi connectivity index (χ1n) is 8.42. The van der Waals surface area contributed by atoms with Gasteiger partial charge in [-0.1, -0.05) is 23.7 Å². The van der Waals surface area contributed by atoms with E-state index < -0.39 is 17.8 Å². The third-order valence-corrected chi connectivity index (χ3v) is 4.11. The fourth-order valence-corrected chi connectivity index (χ4v) is 2.78. The molecule has 8 heteroatoms. The van der Waals surface area contributed by atoms with Gasteiger partial charge in [0.05, 0.1) is 11.4 Å². The Bertz CT molecular complexity index is 983. The number of carbonyl (C=O) groups is 1. The van der Waals surface area contributed by atoms with Crippen LogP contribution in [-0.2, 0) is 11.2 Å². The van der Waals surface area contributed by atoms with Gasteiger partial charge in [0, 0.05) is 30.6 Å². The number of ether oxygens (including phenoxy) is 1. The van der Waals surface area contributed by atoms with Gasteiger partial charge in [0.15, 0.2) is 5.82 Å². The molecule has 6 nitrogen and oxygen atoms in total. The molecular formula is C20H17ClFN3O3. The number of rotatable bonds is 7. The van der Waals surface area contributed by atoms with E-state index in [-0.39, 0.29) is 17.3 Å². The number of carboxylic acids is 1. The van der Waals surface area contributed by atoms with Crippen molar-refractivity contribution in [2.24, 2.45) is 5.73 Å². The van der Waals surface area contributed by atoms with Crippen molar-refractivity contribution in [3.8, 4) is 22.8 Å². The van der Waals surface area contributed by atoms with E-state index in [1.54, 1.807) is 18.3 Å². The second kappa shape index (κ2) is 8.77. The lowest BCUT2D eigenvalue weighted by Gasteiger charge is -2.10. The maximum Gasteiger partial charge on any atom is 0.304 e. The molecule has 28 heavy (non-hydrogen) atoms. The normalized spacial score (nSPS) is 11.8. The number of aromatic nitrogens is 2. The minimum Gasteiger partial charge on any atom is -0.481 e. The first kappa shape index (κ1) is 19.7. The molecule has 0 saturated carbocycles. The van der Waals surface area contributed by atoms with Crippen molar-refractivity contribution >= 4 is 17.6 Å². The predicted octanol–water partition coefficient (Wildman–Crippen LogP) is 4.07. The summed E-state index contributed by atoms with van der Waals surface area (Å²) in [5.74, 6) is -1.31. The topological polar surface area (TPSA) is 98.3 Å². The number of nitrogens with zero attached hydrogens (tertiary/aromatic N) is 2. The second-order valence-corrected chi connectivity index (χ2v) is 6.60. The summed E-state index contributed by atoms with van der Waals surface area (Å²) in [6.45, 7) is 0. The molecule has 3 rings (SSSR count). The average molecular weight is 402 g/mol. The smallest absolute Gasteiger partial charge is 0.304 e. The van der Waals surface area contributed by atoms with Gasteiger partial charge >= 0.3 is 5.97 Å². The van der Waals surface area contributed by atoms with Crippen LogP contribution >= 0.6 is 11.6 Å². The zero-order valence-electron chi connectivity index (χ0n) is 14.7. The molecule has 0 amide bonds. The highest BCUT2D eigenvalue weighted by Gasteiger charge is 2.11. The Morgan fingerprint density at radius 1 is 1.18 bits per heavy atom. The highest BCUT2D eigenvalue weighted by molar-refractivity contribution is 6.30. The summed E-state index contributed by atoms with van der Waals surface area (Å²) in [7, 11) is 0. The van der Waals surface area contributed by atoms with Crippen molar-refractivity contribution in [2.45, 2.75) is 18.9 Å². The van der Waals surface area contributed by atoms with Crippen LogP contribution < -0.4 is 10.5 Å². The first-order chi connectivity index (χ1) is 13.4. The summed E-state index contributed by atoms with van der Waals surface area (Å²) >= 11 is 5.68. The molecule has 0 unspecified atom stereocenters. The van der Waals surface area contributed by atoms with Gasteiger partial charge in [-0.25, -0.2) is 9.37 Å². The Morgan fingerprint density at radius 3 is 2.61 bits per heavy atom. The molecule has 0 aliphatic rings. The molecule has 0 fully saturated rings. The number of hydrogen-bond acceptors (Lipinski definition) is 5. The largest absolute Gasteiger partial charge is 0.481 e. The third-order valence-electron chi connectivity index (χ3n) is 3.90.